The molecule has 0 bridgehead atoms. The van der Waals surface area contributed by atoms with E-state index in [1.54, 1.807) is 12.7 Å². The van der Waals surface area contributed by atoms with Crippen molar-refractivity contribution in [3.63, 3.8) is 0 Å². The summed E-state index contributed by atoms with van der Waals surface area (Å²) in [4.78, 5) is 3.93. The molecule has 0 aliphatic rings. The highest BCUT2D eigenvalue weighted by Gasteiger charge is 2.05. The first kappa shape index (κ1) is 9.90. The maximum atomic E-state index is 4.10. The van der Waals surface area contributed by atoms with Gasteiger partial charge in [-0.05, 0) is 12.5 Å². The van der Waals surface area contributed by atoms with Crippen LogP contribution >= 0.6 is 0 Å². The number of hydrogen-bond donors (Lipinski definition) is 0. The molecular formula is C12H15N3. The minimum absolute atomic E-state index is 0.465. The van der Waals surface area contributed by atoms with Crippen molar-refractivity contribution in [2.45, 2.75) is 26.3 Å². The highest BCUT2D eigenvalue weighted by atomic mass is 15.3. The standard InChI is InChI=1S/C12H15N3/c1-10-3-5-12(6-4-10)11(2)7-15-9-13-8-14-15/h3-6,8-9,11H,7H2,1-2H3. The minimum atomic E-state index is 0.465. The summed E-state index contributed by atoms with van der Waals surface area (Å²) in [6, 6.07) is 8.65. The van der Waals surface area contributed by atoms with E-state index in [4.69, 9.17) is 0 Å². The van der Waals surface area contributed by atoms with Gasteiger partial charge in [0.25, 0.3) is 0 Å². The summed E-state index contributed by atoms with van der Waals surface area (Å²) in [5.74, 6) is 0.465. The third kappa shape index (κ3) is 2.43. The Bertz CT molecular complexity index is 403. The summed E-state index contributed by atoms with van der Waals surface area (Å²) in [5, 5.41) is 4.10. The van der Waals surface area contributed by atoms with E-state index in [9.17, 15) is 0 Å². The largest absolute Gasteiger partial charge is 0.252 e. The van der Waals surface area contributed by atoms with Crippen molar-refractivity contribution in [3.05, 3.63) is 48.0 Å². The second-order valence-corrected chi connectivity index (χ2v) is 3.93. The number of nitrogens with zero attached hydrogens (tertiary/aromatic N) is 3. The van der Waals surface area contributed by atoms with E-state index < -0.39 is 0 Å². The first-order chi connectivity index (χ1) is 7.25. The topological polar surface area (TPSA) is 30.7 Å². The Morgan fingerprint density at radius 2 is 2.00 bits per heavy atom. The summed E-state index contributed by atoms with van der Waals surface area (Å²) < 4.78 is 1.87. The molecule has 1 atom stereocenters. The van der Waals surface area contributed by atoms with Gasteiger partial charge in [-0.1, -0.05) is 36.8 Å². The normalized spacial score (nSPS) is 12.7. The molecular weight excluding hydrogens is 186 g/mol. The van der Waals surface area contributed by atoms with Gasteiger partial charge in [-0.15, -0.1) is 0 Å². The summed E-state index contributed by atoms with van der Waals surface area (Å²) >= 11 is 0. The Balaban J connectivity index is 2.08. The van der Waals surface area contributed by atoms with Crippen molar-refractivity contribution in [2.75, 3.05) is 0 Å². The Hall–Kier alpha value is -1.64. The quantitative estimate of drug-likeness (QED) is 0.763. The van der Waals surface area contributed by atoms with Crippen LogP contribution in [0.3, 0.4) is 0 Å². The van der Waals surface area contributed by atoms with E-state index in [1.807, 2.05) is 4.68 Å². The van der Waals surface area contributed by atoms with Crippen molar-refractivity contribution in [1.29, 1.82) is 0 Å². The van der Waals surface area contributed by atoms with E-state index in [0.29, 0.717) is 5.92 Å². The number of rotatable bonds is 3. The molecule has 78 valence electrons. The van der Waals surface area contributed by atoms with Crippen LogP contribution in [0.1, 0.15) is 24.0 Å². The summed E-state index contributed by atoms with van der Waals surface area (Å²) in [5.41, 5.74) is 2.64. The van der Waals surface area contributed by atoms with Crippen LogP contribution in [0.2, 0.25) is 0 Å². The molecule has 0 aliphatic heterocycles. The summed E-state index contributed by atoms with van der Waals surface area (Å²) in [6.45, 7) is 5.18. The maximum Gasteiger partial charge on any atom is 0.137 e. The lowest BCUT2D eigenvalue weighted by molar-refractivity contribution is 0.542. The molecule has 1 aromatic heterocycles. The molecule has 0 N–H and O–H groups in total. The van der Waals surface area contributed by atoms with Gasteiger partial charge in [-0.3, -0.25) is 4.68 Å². The molecule has 3 nitrogen and oxygen atoms in total. The summed E-state index contributed by atoms with van der Waals surface area (Å²) in [6.07, 6.45) is 3.33. The molecule has 3 heteroatoms. The fourth-order valence-electron chi connectivity index (χ4n) is 1.61. The van der Waals surface area contributed by atoms with Crippen molar-refractivity contribution in [3.8, 4) is 0 Å². The predicted molar refractivity (Wildman–Crippen MR) is 59.6 cm³/mol. The van der Waals surface area contributed by atoms with Crippen molar-refractivity contribution in [1.82, 2.24) is 14.8 Å². The molecule has 0 amide bonds. The van der Waals surface area contributed by atoms with Crippen LogP contribution in [0.5, 0.6) is 0 Å². The van der Waals surface area contributed by atoms with Crippen LogP contribution in [0.25, 0.3) is 0 Å². The van der Waals surface area contributed by atoms with Gasteiger partial charge >= 0.3 is 0 Å². The molecule has 0 saturated carbocycles. The van der Waals surface area contributed by atoms with Crippen LogP contribution in [-0.2, 0) is 6.54 Å². The van der Waals surface area contributed by atoms with Crippen LogP contribution < -0.4 is 0 Å². The van der Waals surface area contributed by atoms with Crippen molar-refractivity contribution >= 4 is 0 Å². The molecule has 0 saturated heterocycles. The van der Waals surface area contributed by atoms with Gasteiger partial charge < -0.3 is 0 Å². The van der Waals surface area contributed by atoms with Gasteiger partial charge in [0.1, 0.15) is 12.7 Å². The number of hydrogen-bond acceptors (Lipinski definition) is 2. The van der Waals surface area contributed by atoms with E-state index >= 15 is 0 Å². The zero-order chi connectivity index (χ0) is 10.7. The van der Waals surface area contributed by atoms with Gasteiger partial charge in [-0.25, -0.2) is 4.98 Å². The van der Waals surface area contributed by atoms with Crippen LogP contribution in [0.4, 0.5) is 0 Å². The van der Waals surface area contributed by atoms with Crippen molar-refractivity contribution in [2.24, 2.45) is 0 Å². The van der Waals surface area contributed by atoms with E-state index in [0.717, 1.165) is 6.54 Å². The smallest absolute Gasteiger partial charge is 0.137 e. The zero-order valence-electron chi connectivity index (χ0n) is 9.09. The monoisotopic (exact) mass is 201 g/mol. The molecule has 0 radical (unpaired) electrons. The SMILES string of the molecule is Cc1ccc(C(C)Cn2cncn2)cc1. The third-order valence-corrected chi connectivity index (χ3v) is 2.57. The molecule has 1 heterocycles. The molecule has 2 aromatic rings. The fraction of sp³-hybridized carbons (Fsp3) is 0.333. The Morgan fingerprint density at radius 1 is 1.27 bits per heavy atom. The Kier molecular flexibility index (Phi) is 2.81. The van der Waals surface area contributed by atoms with E-state index in [2.05, 4.69) is 48.2 Å². The molecule has 2 rings (SSSR count). The number of aromatic nitrogens is 3. The van der Waals surface area contributed by atoms with Crippen LogP contribution in [0, 0.1) is 6.92 Å². The lowest BCUT2D eigenvalue weighted by Crippen LogP contribution is -2.06. The molecule has 0 spiro atoms. The van der Waals surface area contributed by atoms with Gasteiger partial charge in [0, 0.05) is 12.5 Å². The summed E-state index contributed by atoms with van der Waals surface area (Å²) in [7, 11) is 0. The van der Waals surface area contributed by atoms with Crippen LogP contribution in [-0.4, -0.2) is 14.8 Å². The lowest BCUT2D eigenvalue weighted by atomic mass is 10.0. The molecule has 1 aromatic carbocycles. The van der Waals surface area contributed by atoms with Gasteiger partial charge in [0.05, 0.1) is 0 Å². The molecule has 0 aliphatic carbocycles. The minimum Gasteiger partial charge on any atom is -0.252 e. The second-order valence-electron chi connectivity index (χ2n) is 3.93. The first-order valence-corrected chi connectivity index (χ1v) is 5.14. The molecule has 1 unspecified atom stereocenters. The number of benzene rings is 1. The van der Waals surface area contributed by atoms with Gasteiger partial charge in [0.2, 0.25) is 0 Å². The van der Waals surface area contributed by atoms with Gasteiger partial charge in [0.15, 0.2) is 0 Å². The highest BCUT2D eigenvalue weighted by Crippen LogP contribution is 2.17. The van der Waals surface area contributed by atoms with Crippen LogP contribution in [0.15, 0.2) is 36.9 Å². The molecule has 0 fully saturated rings. The average Bonchev–Trinajstić information content (AvgIpc) is 2.71. The van der Waals surface area contributed by atoms with Gasteiger partial charge in [-0.2, -0.15) is 5.10 Å². The first-order valence-electron chi connectivity index (χ1n) is 5.14. The predicted octanol–water partition coefficient (Wildman–Crippen LogP) is 2.39. The van der Waals surface area contributed by atoms with E-state index in [1.165, 1.54) is 11.1 Å². The molecule has 15 heavy (non-hydrogen) atoms. The van der Waals surface area contributed by atoms with E-state index in [-0.39, 0.29) is 0 Å². The lowest BCUT2D eigenvalue weighted by Gasteiger charge is -2.11. The Labute approximate surface area is 89.8 Å². The average molecular weight is 201 g/mol. The zero-order valence-corrected chi connectivity index (χ0v) is 9.09. The number of aryl methyl sites for hydroxylation is 1. The highest BCUT2D eigenvalue weighted by molar-refractivity contribution is 5.23. The maximum absolute atomic E-state index is 4.10. The third-order valence-electron chi connectivity index (χ3n) is 2.57. The fourth-order valence-corrected chi connectivity index (χ4v) is 1.61. The van der Waals surface area contributed by atoms with Crippen molar-refractivity contribution < 1.29 is 0 Å². The second kappa shape index (κ2) is 4.26. The Morgan fingerprint density at radius 3 is 2.60 bits per heavy atom.